The van der Waals surface area contributed by atoms with Crippen molar-refractivity contribution in [3.8, 4) is 17.2 Å². The number of ether oxygens (including phenoxy) is 3. The summed E-state index contributed by atoms with van der Waals surface area (Å²) < 4.78 is 16.9. The highest BCUT2D eigenvalue weighted by Gasteiger charge is 2.43. The lowest BCUT2D eigenvalue weighted by atomic mass is 9.82. The van der Waals surface area contributed by atoms with E-state index in [9.17, 15) is 9.59 Å². The Kier molecular flexibility index (Phi) is 4.27. The van der Waals surface area contributed by atoms with Crippen LogP contribution in [0, 0.1) is 0 Å². The fourth-order valence-electron chi connectivity index (χ4n) is 4.15. The van der Waals surface area contributed by atoms with Gasteiger partial charge in [0.15, 0.2) is 17.3 Å². The third-order valence-electron chi connectivity index (χ3n) is 5.80. The van der Waals surface area contributed by atoms with Crippen LogP contribution in [0.2, 0.25) is 0 Å². The number of carbonyl (C=O) groups is 2. The summed E-state index contributed by atoms with van der Waals surface area (Å²) in [5, 5.41) is 0. The fourth-order valence-corrected chi connectivity index (χ4v) is 4.15. The molecule has 0 radical (unpaired) electrons. The molecule has 2 aromatic carbocycles. The topological polar surface area (TPSA) is 65.1 Å². The number of amides is 1. The zero-order chi connectivity index (χ0) is 19.8. The number of piperidine rings is 1. The van der Waals surface area contributed by atoms with Crippen LogP contribution < -0.4 is 14.2 Å². The Morgan fingerprint density at radius 1 is 1.00 bits per heavy atom. The third-order valence-corrected chi connectivity index (χ3v) is 5.80. The molecule has 0 atom stereocenters. The first kappa shape index (κ1) is 17.8. The van der Waals surface area contributed by atoms with Gasteiger partial charge in [-0.1, -0.05) is 18.2 Å². The Morgan fingerprint density at radius 3 is 2.66 bits per heavy atom. The zero-order valence-corrected chi connectivity index (χ0v) is 15.9. The number of para-hydroxylation sites is 1. The maximum absolute atomic E-state index is 12.6. The first-order valence-electron chi connectivity index (χ1n) is 9.80. The number of hydrogen-bond acceptors (Lipinski definition) is 5. The van der Waals surface area contributed by atoms with Crippen LogP contribution in [0.4, 0.5) is 0 Å². The smallest absolute Gasteiger partial charge is 0.246 e. The number of nitrogens with zero attached hydrogens (tertiary/aromatic N) is 1. The normalized spacial score (nSPS) is 19.3. The lowest BCUT2D eigenvalue weighted by Crippen LogP contribution is -2.52. The minimum absolute atomic E-state index is 0.0416. The summed E-state index contributed by atoms with van der Waals surface area (Å²) in [7, 11) is 0. The molecule has 1 saturated heterocycles. The molecule has 148 valence electrons. The second-order valence-corrected chi connectivity index (χ2v) is 7.65. The number of likely N-dealkylation sites (tertiary alicyclic amines) is 1. The summed E-state index contributed by atoms with van der Waals surface area (Å²) in [6.07, 6.45) is 5.04. The highest BCUT2D eigenvalue weighted by Crippen LogP contribution is 2.39. The molecular weight excluding hydrogens is 370 g/mol. The molecule has 0 unspecified atom stereocenters. The fraction of sp³-hybridized carbons (Fsp3) is 0.304. The second-order valence-electron chi connectivity index (χ2n) is 7.65. The third kappa shape index (κ3) is 3.35. The van der Waals surface area contributed by atoms with Crippen molar-refractivity contribution in [2.45, 2.75) is 24.9 Å². The first-order chi connectivity index (χ1) is 14.1. The van der Waals surface area contributed by atoms with E-state index in [4.69, 9.17) is 14.2 Å². The van der Waals surface area contributed by atoms with Gasteiger partial charge in [0.05, 0.1) is 12.0 Å². The molecule has 1 amide bonds. The van der Waals surface area contributed by atoms with Gasteiger partial charge in [-0.2, -0.15) is 0 Å². The molecule has 0 aromatic heterocycles. The van der Waals surface area contributed by atoms with E-state index in [1.54, 1.807) is 12.2 Å². The molecule has 3 aliphatic heterocycles. The van der Waals surface area contributed by atoms with Crippen LogP contribution in [0.15, 0.2) is 48.5 Å². The van der Waals surface area contributed by atoms with Gasteiger partial charge in [0, 0.05) is 32.0 Å². The number of rotatable bonds is 2. The molecule has 6 heteroatoms. The number of ketones is 1. The molecule has 5 rings (SSSR count). The van der Waals surface area contributed by atoms with Crippen molar-refractivity contribution in [1.29, 1.82) is 0 Å². The molecule has 1 fully saturated rings. The quantitative estimate of drug-likeness (QED) is 0.734. The van der Waals surface area contributed by atoms with Crippen molar-refractivity contribution in [3.05, 3.63) is 59.7 Å². The average Bonchev–Trinajstić information content (AvgIpc) is 3.20. The molecule has 3 heterocycles. The van der Waals surface area contributed by atoms with Crippen molar-refractivity contribution in [2.75, 3.05) is 19.9 Å². The van der Waals surface area contributed by atoms with Crippen LogP contribution in [-0.2, 0) is 4.79 Å². The van der Waals surface area contributed by atoms with Crippen LogP contribution in [0.5, 0.6) is 17.2 Å². The molecule has 3 aliphatic rings. The minimum atomic E-state index is -0.497. The van der Waals surface area contributed by atoms with Crippen molar-refractivity contribution in [2.24, 2.45) is 0 Å². The molecule has 0 bridgehead atoms. The summed E-state index contributed by atoms with van der Waals surface area (Å²) in [5.41, 5.74) is 1.04. The van der Waals surface area contributed by atoms with Gasteiger partial charge >= 0.3 is 0 Å². The highest BCUT2D eigenvalue weighted by molar-refractivity contribution is 6.00. The standard InChI is InChI=1S/C23H21NO5/c25-18-14-23(29-19-4-2-1-3-17(18)19)9-11-24(12-10-23)22(26)8-6-16-5-7-20-21(13-16)28-15-27-20/h1-8,13H,9-12,14-15H2/b8-6-. The van der Waals surface area contributed by atoms with Crippen LogP contribution in [-0.4, -0.2) is 42.1 Å². The SMILES string of the molecule is O=C1CC2(CCN(C(=O)/C=C\c3ccc4c(c3)OCO4)CC2)Oc2ccccc21. The number of hydrogen-bond donors (Lipinski definition) is 0. The second kappa shape index (κ2) is 6.95. The predicted molar refractivity (Wildman–Crippen MR) is 106 cm³/mol. The van der Waals surface area contributed by atoms with E-state index in [1.165, 1.54) is 0 Å². The predicted octanol–water partition coefficient (Wildman–Crippen LogP) is 3.46. The summed E-state index contributed by atoms with van der Waals surface area (Å²) in [6, 6.07) is 13.0. The van der Waals surface area contributed by atoms with Crippen molar-refractivity contribution < 1.29 is 23.8 Å². The molecule has 0 saturated carbocycles. The lowest BCUT2D eigenvalue weighted by Gasteiger charge is -2.43. The highest BCUT2D eigenvalue weighted by atomic mass is 16.7. The van der Waals surface area contributed by atoms with Crippen LogP contribution in [0.1, 0.15) is 35.2 Å². The van der Waals surface area contributed by atoms with E-state index < -0.39 is 5.60 Å². The zero-order valence-electron chi connectivity index (χ0n) is 15.9. The van der Waals surface area contributed by atoms with E-state index in [-0.39, 0.29) is 18.5 Å². The summed E-state index contributed by atoms with van der Waals surface area (Å²) in [4.78, 5) is 26.9. The minimum Gasteiger partial charge on any atom is -0.486 e. The van der Waals surface area contributed by atoms with Crippen molar-refractivity contribution >= 4 is 17.8 Å². The summed E-state index contributed by atoms with van der Waals surface area (Å²) >= 11 is 0. The van der Waals surface area contributed by atoms with E-state index in [0.717, 1.165) is 11.3 Å². The van der Waals surface area contributed by atoms with Crippen LogP contribution in [0.25, 0.3) is 6.08 Å². The van der Waals surface area contributed by atoms with Crippen LogP contribution >= 0.6 is 0 Å². The number of fused-ring (bicyclic) bond motifs is 2. The molecule has 29 heavy (non-hydrogen) atoms. The van der Waals surface area contributed by atoms with Gasteiger partial charge in [0.2, 0.25) is 12.7 Å². The Hall–Kier alpha value is -3.28. The van der Waals surface area contributed by atoms with Gasteiger partial charge < -0.3 is 19.1 Å². The maximum atomic E-state index is 12.6. The Bertz CT molecular complexity index is 1000. The monoisotopic (exact) mass is 391 g/mol. The van der Waals surface area contributed by atoms with Crippen molar-refractivity contribution in [1.82, 2.24) is 4.90 Å². The molecule has 2 aromatic rings. The Labute approximate surface area is 168 Å². The van der Waals surface area contributed by atoms with E-state index >= 15 is 0 Å². The Balaban J connectivity index is 1.23. The van der Waals surface area contributed by atoms with Crippen LogP contribution in [0.3, 0.4) is 0 Å². The van der Waals surface area contributed by atoms with Gasteiger partial charge in [-0.05, 0) is 35.9 Å². The molecular formula is C23H21NO5. The maximum Gasteiger partial charge on any atom is 0.246 e. The molecule has 0 N–H and O–H groups in total. The number of carbonyl (C=O) groups excluding carboxylic acids is 2. The van der Waals surface area contributed by atoms with E-state index in [1.807, 2.05) is 47.4 Å². The number of benzene rings is 2. The molecule has 0 aliphatic carbocycles. The van der Waals surface area contributed by atoms with Gasteiger partial charge in [0.1, 0.15) is 11.4 Å². The van der Waals surface area contributed by atoms with E-state index in [0.29, 0.717) is 49.4 Å². The molecule has 1 spiro atoms. The average molecular weight is 391 g/mol. The Morgan fingerprint density at radius 2 is 1.79 bits per heavy atom. The van der Waals surface area contributed by atoms with Crippen molar-refractivity contribution in [3.63, 3.8) is 0 Å². The number of Topliss-reactive ketones (excluding diaryl/α,β-unsaturated/α-hetero) is 1. The lowest BCUT2D eigenvalue weighted by molar-refractivity contribution is -0.129. The van der Waals surface area contributed by atoms with Gasteiger partial charge in [-0.3, -0.25) is 9.59 Å². The first-order valence-corrected chi connectivity index (χ1v) is 9.80. The van der Waals surface area contributed by atoms with Gasteiger partial charge in [0.25, 0.3) is 0 Å². The van der Waals surface area contributed by atoms with Gasteiger partial charge in [-0.25, -0.2) is 0 Å². The largest absolute Gasteiger partial charge is 0.486 e. The molecule has 6 nitrogen and oxygen atoms in total. The summed E-state index contributed by atoms with van der Waals surface area (Å²) in [5.74, 6) is 2.15. The van der Waals surface area contributed by atoms with E-state index in [2.05, 4.69) is 0 Å². The van der Waals surface area contributed by atoms with Gasteiger partial charge in [-0.15, -0.1) is 0 Å². The summed E-state index contributed by atoms with van der Waals surface area (Å²) in [6.45, 7) is 1.37.